The minimum atomic E-state index is -0.444. The van der Waals surface area contributed by atoms with Crippen molar-refractivity contribution >= 4 is 22.9 Å². The maximum Gasteiger partial charge on any atom is 0.277 e. The highest BCUT2D eigenvalue weighted by Gasteiger charge is 2.14. The van der Waals surface area contributed by atoms with Crippen LogP contribution in [0, 0.1) is 10.1 Å². The van der Waals surface area contributed by atoms with Gasteiger partial charge in [0.05, 0.1) is 10.5 Å². The van der Waals surface area contributed by atoms with Gasteiger partial charge in [0.1, 0.15) is 0 Å². The summed E-state index contributed by atoms with van der Waals surface area (Å²) in [5, 5.41) is 11.3. The second-order valence-electron chi connectivity index (χ2n) is 3.72. The third-order valence-corrected chi connectivity index (χ3v) is 2.31. The van der Waals surface area contributed by atoms with Crippen LogP contribution in [-0.2, 0) is 0 Å². The molecule has 0 saturated heterocycles. The van der Waals surface area contributed by atoms with Crippen LogP contribution < -0.4 is 0 Å². The van der Waals surface area contributed by atoms with Crippen molar-refractivity contribution < 1.29 is 4.92 Å². The van der Waals surface area contributed by atoms with Crippen molar-refractivity contribution in [2.75, 3.05) is 14.1 Å². The van der Waals surface area contributed by atoms with E-state index in [1.807, 2.05) is 19.0 Å². The summed E-state index contributed by atoms with van der Waals surface area (Å²) in [4.78, 5) is 12.2. The Bertz CT molecular complexity index is 481. The summed E-state index contributed by atoms with van der Waals surface area (Å²) in [7, 11) is 3.71. The summed E-state index contributed by atoms with van der Waals surface area (Å²) >= 11 is 5.83. The molecule has 0 spiro atoms. The predicted octanol–water partition coefficient (Wildman–Crippen LogP) is 3.34. The molecule has 0 radical (unpaired) electrons. The van der Waals surface area contributed by atoms with E-state index in [4.69, 9.17) is 11.6 Å². The quantitative estimate of drug-likeness (QED) is 0.469. The minimum absolute atomic E-state index is 0.00260. The lowest BCUT2D eigenvalue weighted by Crippen LogP contribution is -2.00. The molecule has 1 aromatic carbocycles. The fourth-order valence-electron chi connectivity index (χ4n) is 1.25. The van der Waals surface area contributed by atoms with Crippen LogP contribution in [0.1, 0.15) is 5.56 Å². The van der Waals surface area contributed by atoms with Crippen LogP contribution in [0.3, 0.4) is 0 Å². The molecule has 0 aliphatic heterocycles. The Morgan fingerprint density at radius 3 is 2.71 bits per heavy atom. The first kappa shape index (κ1) is 13.3. The normalized spacial score (nSPS) is 10.5. The number of hydrogen-bond acceptors (Lipinski definition) is 3. The molecule has 0 fully saturated rings. The molecule has 0 aromatic heterocycles. The van der Waals surface area contributed by atoms with Crippen molar-refractivity contribution in [3.63, 3.8) is 0 Å². The number of nitrogens with zero attached hydrogens (tertiary/aromatic N) is 2. The molecule has 0 aliphatic rings. The molecule has 0 heterocycles. The third kappa shape index (κ3) is 3.60. The van der Waals surface area contributed by atoms with Crippen molar-refractivity contribution in [1.29, 1.82) is 0 Å². The smallest absolute Gasteiger partial charge is 0.277 e. The Balaban J connectivity index is 3.15. The van der Waals surface area contributed by atoms with E-state index in [0.717, 1.165) is 0 Å². The second kappa shape index (κ2) is 5.50. The second-order valence-corrected chi connectivity index (χ2v) is 4.16. The van der Waals surface area contributed by atoms with Crippen molar-refractivity contribution in [2.24, 2.45) is 0 Å². The highest BCUT2D eigenvalue weighted by Crippen LogP contribution is 2.28. The monoisotopic (exact) mass is 252 g/mol. The van der Waals surface area contributed by atoms with Gasteiger partial charge in [0.15, 0.2) is 0 Å². The fraction of sp³-hybridized carbons (Fsp3) is 0.167. The van der Waals surface area contributed by atoms with Gasteiger partial charge in [-0.15, -0.1) is 0 Å². The maximum atomic E-state index is 10.9. The molecule has 0 saturated carbocycles. The molecule has 1 rings (SSSR count). The number of hydrogen-bond donors (Lipinski definition) is 0. The van der Waals surface area contributed by atoms with E-state index in [9.17, 15) is 10.1 Å². The molecule has 0 unspecified atom stereocenters. The molecule has 0 amide bonds. The zero-order valence-electron chi connectivity index (χ0n) is 9.68. The SMILES string of the molecule is C=C(/C=C/N(C)C)c1cc(Cl)ccc1[N+](=O)[O-]. The summed E-state index contributed by atoms with van der Waals surface area (Å²) in [6, 6.07) is 4.42. The molecule has 17 heavy (non-hydrogen) atoms. The molecule has 0 aliphatic carbocycles. The Morgan fingerprint density at radius 1 is 1.53 bits per heavy atom. The Hall–Kier alpha value is -1.81. The molecular formula is C12H13ClN2O2. The average molecular weight is 253 g/mol. The van der Waals surface area contributed by atoms with Gasteiger partial charge in [0.25, 0.3) is 5.69 Å². The number of nitro benzene ring substituents is 1. The van der Waals surface area contributed by atoms with Crippen LogP contribution in [0.25, 0.3) is 5.57 Å². The molecule has 1 aromatic rings. The van der Waals surface area contributed by atoms with Crippen molar-refractivity contribution in [3.05, 3.63) is 57.8 Å². The van der Waals surface area contributed by atoms with Crippen LogP contribution in [0.2, 0.25) is 5.02 Å². The van der Waals surface area contributed by atoms with Gasteiger partial charge in [-0.3, -0.25) is 10.1 Å². The van der Waals surface area contributed by atoms with Gasteiger partial charge in [-0.05, 0) is 30.0 Å². The van der Waals surface area contributed by atoms with E-state index in [0.29, 0.717) is 16.2 Å². The predicted molar refractivity (Wildman–Crippen MR) is 70.0 cm³/mol. The molecule has 0 bridgehead atoms. The zero-order valence-corrected chi connectivity index (χ0v) is 10.4. The highest BCUT2D eigenvalue weighted by molar-refractivity contribution is 6.30. The zero-order chi connectivity index (χ0) is 13.0. The van der Waals surface area contributed by atoms with E-state index in [1.165, 1.54) is 12.1 Å². The van der Waals surface area contributed by atoms with Crippen molar-refractivity contribution in [2.45, 2.75) is 0 Å². The summed E-state index contributed by atoms with van der Waals surface area (Å²) < 4.78 is 0. The molecule has 5 heteroatoms. The first-order valence-corrected chi connectivity index (χ1v) is 5.27. The summed E-state index contributed by atoms with van der Waals surface area (Å²) in [6.45, 7) is 3.80. The first-order chi connectivity index (χ1) is 7.91. The van der Waals surface area contributed by atoms with Crippen LogP contribution in [0.5, 0.6) is 0 Å². The fourth-order valence-corrected chi connectivity index (χ4v) is 1.43. The largest absolute Gasteiger partial charge is 0.383 e. The number of halogens is 1. The Labute approximate surface area is 105 Å². The van der Waals surface area contributed by atoms with Gasteiger partial charge in [-0.2, -0.15) is 0 Å². The van der Waals surface area contributed by atoms with Crippen molar-refractivity contribution in [3.8, 4) is 0 Å². The summed E-state index contributed by atoms with van der Waals surface area (Å²) in [5.74, 6) is 0. The highest BCUT2D eigenvalue weighted by atomic mass is 35.5. The maximum absolute atomic E-state index is 10.9. The van der Waals surface area contributed by atoms with Crippen LogP contribution >= 0.6 is 11.6 Å². The molecule has 0 N–H and O–H groups in total. The average Bonchev–Trinajstić information content (AvgIpc) is 2.25. The van der Waals surface area contributed by atoms with Gasteiger partial charge >= 0.3 is 0 Å². The van der Waals surface area contributed by atoms with E-state index in [1.54, 1.807) is 18.3 Å². The van der Waals surface area contributed by atoms with Crippen LogP contribution in [0.4, 0.5) is 5.69 Å². The number of allylic oxidation sites excluding steroid dienone is 2. The topological polar surface area (TPSA) is 46.4 Å². The Kier molecular flexibility index (Phi) is 4.29. The van der Waals surface area contributed by atoms with Crippen LogP contribution in [0.15, 0.2) is 37.1 Å². The molecular weight excluding hydrogens is 240 g/mol. The van der Waals surface area contributed by atoms with Gasteiger partial charge in [-0.1, -0.05) is 18.2 Å². The minimum Gasteiger partial charge on any atom is -0.383 e. The van der Waals surface area contributed by atoms with Gasteiger partial charge < -0.3 is 4.90 Å². The number of nitro groups is 1. The summed E-state index contributed by atoms with van der Waals surface area (Å²) in [5.41, 5.74) is 0.983. The van der Waals surface area contributed by atoms with Crippen molar-refractivity contribution in [1.82, 2.24) is 4.90 Å². The standard InChI is InChI=1S/C12H13ClN2O2/c1-9(6-7-14(2)3)11-8-10(13)4-5-12(11)15(16)17/h4-8H,1H2,2-3H3/b7-6+. The molecule has 4 nitrogen and oxygen atoms in total. The number of rotatable bonds is 4. The van der Waals surface area contributed by atoms with Gasteiger partial charge in [0.2, 0.25) is 0 Å². The van der Waals surface area contributed by atoms with Crippen LogP contribution in [-0.4, -0.2) is 23.9 Å². The lowest BCUT2D eigenvalue weighted by molar-refractivity contribution is -0.385. The van der Waals surface area contributed by atoms with Gasteiger partial charge in [-0.25, -0.2) is 0 Å². The first-order valence-electron chi connectivity index (χ1n) is 4.89. The Morgan fingerprint density at radius 2 is 2.18 bits per heavy atom. The van der Waals surface area contributed by atoms with E-state index >= 15 is 0 Å². The summed E-state index contributed by atoms with van der Waals surface area (Å²) in [6.07, 6.45) is 3.48. The third-order valence-electron chi connectivity index (χ3n) is 2.08. The molecule has 90 valence electrons. The van der Waals surface area contributed by atoms with E-state index < -0.39 is 4.92 Å². The van der Waals surface area contributed by atoms with E-state index in [2.05, 4.69) is 6.58 Å². The lowest BCUT2D eigenvalue weighted by atomic mass is 10.1. The number of benzene rings is 1. The van der Waals surface area contributed by atoms with Gasteiger partial charge in [0, 0.05) is 25.2 Å². The lowest BCUT2D eigenvalue weighted by Gasteiger charge is -2.06. The molecule has 0 atom stereocenters. The van der Waals surface area contributed by atoms with E-state index in [-0.39, 0.29) is 5.69 Å².